The highest BCUT2D eigenvalue weighted by Gasteiger charge is 1.99. The van der Waals surface area contributed by atoms with Crippen molar-refractivity contribution in [2.75, 3.05) is 5.32 Å². The first-order valence-corrected chi connectivity index (χ1v) is 4.38. The fraction of sp³-hybridized carbons (Fsp3) is 0.273. The van der Waals surface area contributed by atoms with Crippen LogP contribution in [0.3, 0.4) is 0 Å². The van der Waals surface area contributed by atoms with Crippen LogP contribution in [0.25, 0.3) is 0 Å². The molecule has 0 aromatic heterocycles. The van der Waals surface area contributed by atoms with E-state index >= 15 is 0 Å². The highest BCUT2D eigenvalue weighted by atomic mass is 16.3. The van der Waals surface area contributed by atoms with Crippen LogP contribution in [0.2, 0.25) is 0 Å². The Bertz CT molecular complexity index is 318. The monoisotopic (exact) mass is 177 g/mol. The number of aryl methyl sites for hydroxylation is 1. The van der Waals surface area contributed by atoms with Gasteiger partial charge in [0.1, 0.15) is 5.75 Å². The zero-order chi connectivity index (χ0) is 9.84. The van der Waals surface area contributed by atoms with Crippen molar-refractivity contribution in [3.05, 3.63) is 36.0 Å². The van der Waals surface area contributed by atoms with Gasteiger partial charge >= 0.3 is 0 Å². The molecule has 0 atom stereocenters. The number of rotatable bonds is 3. The molecule has 1 rings (SSSR count). The molecule has 0 aliphatic carbocycles. The average molecular weight is 177 g/mol. The standard InChI is InChI=1S/C11H15NO/c1-4-9-7-10(12-8(2)3)5-6-11(9)13/h5-7,12-13H,2,4H2,1,3H3. The van der Waals surface area contributed by atoms with Gasteiger partial charge in [-0.2, -0.15) is 0 Å². The molecule has 0 aliphatic heterocycles. The van der Waals surface area contributed by atoms with E-state index in [9.17, 15) is 5.11 Å². The summed E-state index contributed by atoms with van der Waals surface area (Å²) < 4.78 is 0. The van der Waals surface area contributed by atoms with E-state index in [1.807, 2.05) is 26.0 Å². The molecule has 0 saturated carbocycles. The Morgan fingerprint density at radius 2 is 2.23 bits per heavy atom. The van der Waals surface area contributed by atoms with Crippen molar-refractivity contribution in [1.29, 1.82) is 0 Å². The van der Waals surface area contributed by atoms with Crippen molar-refractivity contribution in [3.63, 3.8) is 0 Å². The third kappa shape index (κ3) is 2.51. The molecule has 0 radical (unpaired) electrons. The first-order chi connectivity index (χ1) is 6.13. The first kappa shape index (κ1) is 9.65. The Labute approximate surface area is 78.9 Å². The molecule has 1 aromatic rings. The van der Waals surface area contributed by atoms with Gasteiger partial charge in [-0.15, -0.1) is 0 Å². The minimum Gasteiger partial charge on any atom is -0.508 e. The van der Waals surface area contributed by atoms with Gasteiger partial charge in [0.15, 0.2) is 0 Å². The van der Waals surface area contributed by atoms with Crippen molar-refractivity contribution in [1.82, 2.24) is 0 Å². The van der Waals surface area contributed by atoms with Crippen LogP contribution in [0.1, 0.15) is 19.4 Å². The van der Waals surface area contributed by atoms with Gasteiger partial charge in [0, 0.05) is 11.4 Å². The van der Waals surface area contributed by atoms with E-state index < -0.39 is 0 Å². The summed E-state index contributed by atoms with van der Waals surface area (Å²) in [5, 5.41) is 12.5. The number of phenolic OH excluding ortho intramolecular Hbond substituents is 1. The largest absolute Gasteiger partial charge is 0.508 e. The molecule has 70 valence electrons. The lowest BCUT2D eigenvalue weighted by molar-refractivity contribution is 0.469. The maximum Gasteiger partial charge on any atom is 0.118 e. The summed E-state index contributed by atoms with van der Waals surface area (Å²) in [6.07, 6.45) is 0.831. The Morgan fingerprint density at radius 1 is 1.54 bits per heavy atom. The molecule has 0 unspecified atom stereocenters. The molecule has 0 fully saturated rings. The Balaban J connectivity index is 2.92. The number of benzene rings is 1. The van der Waals surface area contributed by atoms with E-state index in [0.717, 1.165) is 23.4 Å². The zero-order valence-corrected chi connectivity index (χ0v) is 8.09. The van der Waals surface area contributed by atoms with Crippen LogP contribution in [-0.2, 0) is 6.42 Å². The topological polar surface area (TPSA) is 32.3 Å². The smallest absolute Gasteiger partial charge is 0.118 e. The van der Waals surface area contributed by atoms with Gasteiger partial charge in [-0.05, 0) is 37.1 Å². The molecular weight excluding hydrogens is 162 g/mol. The van der Waals surface area contributed by atoms with Crippen molar-refractivity contribution < 1.29 is 5.11 Å². The highest BCUT2D eigenvalue weighted by Crippen LogP contribution is 2.22. The molecule has 0 amide bonds. The van der Waals surface area contributed by atoms with Gasteiger partial charge < -0.3 is 10.4 Å². The highest BCUT2D eigenvalue weighted by molar-refractivity contribution is 5.53. The summed E-state index contributed by atoms with van der Waals surface area (Å²) in [6, 6.07) is 5.47. The van der Waals surface area contributed by atoms with Gasteiger partial charge in [0.25, 0.3) is 0 Å². The van der Waals surface area contributed by atoms with Crippen LogP contribution in [0.5, 0.6) is 5.75 Å². The van der Waals surface area contributed by atoms with Crippen molar-refractivity contribution in [3.8, 4) is 5.75 Å². The summed E-state index contributed by atoms with van der Waals surface area (Å²) >= 11 is 0. The second-order valence-corrected chi connectivity index (χ2v) is 3.10. The van der Waals surface area contributed by atoms with E-state index in [1.54, 1.807) is 6.07 Å². The van der Waals surface area contributed by atoms with E-state index in [2.05, 4.69) is 11.9 Å². The molecule has 2 N–H and O–H groups in total. The number of allylic oxidation sites excluding steroid dienone is 1. The number of hydrogen-bond donors (Lipinski definition) is 2. The van der Waals surface area contributed by atoms with Crippen LogP contribution >= 0.6 is 0 Å². The van der Waals surface area contributed by atoms with Gasteiger partial charge in [-0.3, -0.25) is 0 Å². The second kappa shape index (κ2) is 3.99. The summed E-state index contributed by atoms with van der Waals surface area (Å²) in [6.45, 7) is 7.67. The van der Waals surface area contributed by atoms with Gasteiger partial charge in [0.05, 0.1) is 0 Å². The first-order valence-electron chi connectivity index (χ1n) is 4.38. The molecule has 0 bridgehead atoms. The zero-order valence-electron chi connectivity index (χ0n) is 8.09. The summed E-state index contributed by atoms with van der Waals surface area (Å²) in [7, 11) is 0. The third-order valence-electron chi connectivity index (χ3n) is 1.82. The predicted octanol–water partition coefficient (Wildman–Crippen LogP) is 2.90. The molecule has 0 aliphatic rings. The average Bonchev–Trinajstić information content (AvgIpc) is 2.07. The molecule has 0 heterocycles. The minimum atomic E-state index is 0.356. The van der Waals surface area contributed by atoms with Gasteiger partial charge in [0.2, 0.25) is 0 Å². The van der Waals surface area contributed by atoms with Crippen molar-refractivity contribution >= 4 is 5.69 Å². The molecule has 13 heavy (non-hydrogen) atoms. The van der Waals surface area contributed by atoms with Crippen molar-refractivity contribution in [2.24, 2.45) is 0 Å². The van der Waals surface area contributed by atoms with Crippen LogP contribution in [0.4, 0.5) is 5.69 Å². The maximum atomic E-state index is 9.42. The lowest BCUT2D eigenvalue weighted by Crippen LogP contribution is -1.94. The number of nitrogens with one attached hydrogen (secondary N) is 1. The van der Waals surface area contributed by atoms with E-state index in [-0.39, 0.29) is 0 Å². The molecule has 2 heteroatoms. The van der Waals surface area contributed by atoms with Gasteiger partial charge in [-0.1, -0.05) is 13.5 Å². The summed E-state index contributed by atoms with van der Waals surface area (Å²) in [5.74, 6) is 0.356. The molecule has 1 aromatic carbocycles. The lowest BCUT2D eigenvalue weighted by atomic mass is 10.1. The molecule has 0 spiro atoms. The van der Waals surface area contributed by atoms with Gasteiger partial charge in [-0.25, -0.2) is 0 Å². The lowest BCUT2D eigenvalue weighted by Gasteiger charge is -2.08. The molecule has 0 saturated heterocycles. The number of hydrogen-bond acceptors (Lipinski definition) is 2. The molecule has 2 nitrogen and oxygen atoms in total. The minimum absolute atomic E-state index is 0.356. The summed E-state index contributed by atoms with van der Waals surface area (Å²) in [4.78, 5) is 0. The van der Waals surface area contributed by atoms with Crippen LogP contribution in [0.15, 0.2) is 30.5 Å². The summed E-state index contributed by atoms with van der Waals surface area (Å²) in [5.41, 5.74) is 2.82. The second-order valence-electron chi connectivity index (χ2n) is 3.10. The Kier molecular flexibility index (Phi) is 2.96. The maximum absolute atomic E-state index is 9.42. The normalized spacial score (nSPS) is 9.69. The van der Waals surface area contributed by atoms with Crippen LogP contribution < -0.4 is 5.32 Å². The fourth-order valence-electron chi connectivity index (χ4n) is 1.19. The fourth-order valence-corrected chi connectivity index (χ4v) is 1.19. The quantitative estimate of drug-likeness (QED) is 0.696. The number of anilines is 1. The van der Waals surface area contributed by atoms with E-state index in [0.29, 0.717) is 5.75 Å². The third-order valence-corrected chi connectivity index (χ3v) is 1.82. The van der Waals surface area contributed by atoms with Crippen molar-refractivity contribution in [2.45, 2.75) is 20.3 Å². The van der Waals surface area contributed by atoms with Crippen LogP contribution in [-0.4, -0.2) is 5.11 Å². The number of phenols is 1. The predicted molar refractivity (Wildman–Crippen MR) is 55.9 cm³/mol. The van der Waals surface area contributed by atoms with Crippen LogP contribution in [0, 0.1) is 0 Å². The molecular formula is C11H15NO. The Hall–Kier alpha value is -1.44. The Morgan fingerprint density at radius 3 is 2.77 bits per heavy atom. The van der Waals surface area contributed by atoms with E-state index in [4.69, 9.17) is 0 Å². The van der Waals surface area contributed by atoms with E-state index in [1.165, 1.54) is 0 Å². The SMILES string of the molecule is C=C(C)Nc1ccc(O)c(CC)c1. The number of aromatic hydroxyl groups is 1.